The van der Waals surface area contributed by atoms with Gasteiger partial charge in [-0.2, -0.15) is 5.10 Å². The summed E-state index contributed by atoms with van der Waals surface area (Å²) in [5.41, 5.74) is 3.39. The van der Waals surface area contributed by atoms with Gasteiger partial charge in [0.2, 0.25) is 0 Å². The maximum Gasteiger partial charge on any atom is 0.263 e. The van der Waals surface area contributed by atoms with Crippen molar-refractivity contribution in [1.29, 1.82) is 0 Å². The lowest BCUT2D eigenvalue weighted by Crippen LogP contribution is -2.37. The van der Waals surface area contributed by atoms with Crippen molar-refractivity contribution < 1.29 is 9.53 Å². The van der Waals surface area contributed by atoms with Gasteiger partial charge in [-0.3, -0.25) is 14.3 Å². The molecule has 2 rings (SSSR count). The van der Waals surface area contributed by atoms with Crippen LogP contribution in [0.4, 0.5) is 0 Å². The summed E-state index contributed by atoms with van der Waals surface area (Å²) in [7, 11) is 1.58. The second-order valence-electron chi connectivity index (χ2n) is 6.20. The van der Waals surface area contributed by atoms with E-state index >= 15 is 0 Å². The molecule has 2 aromatic rings. The van der Waals surface area contributed by atoms with Crippen LogP contribution < -0.4 is 10.9 Å². The van der Waals surface area contributed by atoms with E-state index in [1.807, 2.05) is 37.6 Å². The van der Waals surface area contributed by atoms with Gasteiger partial charge in [-0.05, 0) is 45.4 Å². The molecule has 0 saturated carbocycles. The minimum absolute atomic E-state index is 0.190. The molecule has 0 atom stereocenters. The van der Waals surface area contributed by atoms with Gasteiger partial charge >= 0.3 is 0 Å². The number of pyridine rings is 1. The SMILES string of the molecule is COCCn1c(C)cc(C)c(C(=O)NCCn2nc(C)cc2C)c1=O. The number of ether oxygens (including phenoxy) is 1. The highest BCUT2D eigenvalue weighted by Gasteiger charge is 2.17. The Hall–Kier alpha value is -2.41. The summed E-state index contributed by atoms with van der Waals surface area (Å²) in [4.78, 5) is 25.2. The van der Waals surface area contributed by atoms with Crippen LogP contribution in [0.2, 0.25) is 0 Å². The van der Waals surface area contributed by atoms with E-state index in [0.29, 0.717) is 31.8 Å². The normalized spacial score (nSPS) is 10.9. The summed E-state index contributed by atoms with van der Waals surface area (Å²) in [5, 5.41) is 7.18. The van der Waals surface area contributed by atoms with E-state index in [1.54, 1.807) is 18.6 Å². The number of carbonyl (C=O) groups excluding carboxylic acids is 1. The van der Waals surface area contributed by atoms with Crippen LogP contribution in [-0.2, 0) is 17.8 Å². The van der Waals surface area contributed by atoms with Crippen LogP contribution in [-0.4, -0.2) is 40.5 Å². The molecular weight excluding hydrogens is 320 g/mol. The monoisotopic (exact) mass is 346 g/mol. The molecule has 2 aromatic heterocycles. The predicted octanol–water partition coefficient (Wildman–Crippen LogP) is 1.35. The van der Waals surface area contributed by atoms with Crippen LogP contribution >= 0.6 is 0 Å². The Morgan fingerprint density at radius 1 is 1.16 bits per heavy atom. The van der Waals surface area contributed by atoms with Crippen molar-refractivity contribution in [3.05, 3.63) is 50.7 Å². The van der Waals surface area contributed by atoms with Gasteiger partial charge < -0.3 is 14.6 Å². The Bertz CT molecular complexity index is 820. The zero-order valence-electron chi connectivity index (χ0n) is 15.5. The summed E-state index contributed by atoms with van der Waals surface area (Å²) >= 11 is 0. The molecule has 0 saturated heterocycles. The van der Waals surface area contributed by atoms with E-state index in [2.05, 4.69) is 10.4 Å². The van der Waals surface area contributed by atoms with Crippen molar-refractivity contribution in [3.63, 3.8) is 0 Å². The Morgan fingerprint density at radius 2 is 1.88 bits per heavy atom. The largest absolute Gasteiger partial charge is 0.383 e. The lowest BCUT2D eigenvalue weighted by Gasteiger charge is -2.14. The van der Waals surface area contributed by atoms with Crippen molar-refractivity contribution in [3.8, 4) is 0 Å². The molecule has 0 bridgehead atoms. The molecule has 7 heteroatoms. The van der Waals surface area contributed by atoms with Crippen molar-refractivity contribution in [2.75, 3.05) is 20.3 Å². The van der Waals surface area contributed by atoms with Crippen LogP contribution in [0.3, 0.4) is 0 Å². The number of aryl methyl sites for hydroxylation is 4. The number of carbonyl (C=O) groups is 1. The van der Waals surface area contributed by atoms with E-state index in [4.69, 9.17) is 4.74 Å². The molecule has 0 aliphatic heterocycles. The lowest BCUT2D eigenvalue weighted by molar-refractivity contribution is 0.0948. The molecule has 1 N–H and O–H groups in total. The molecule has 0 aliphatic rings. The van der Waals surface area contributed by atoms with E-state index in [9.17, 15) is 9.59 Å². The van der Waals surface area contributed by atoms with Crippen molar-refractivity contribution in [2.45, 2.75) is 40.8 Å². The number of rotatable bonds is 7. The third-order valence-corrected chi connectivity index (χ3v) is 4.16. The van der Waals surface area contributed by atoms with Crippen LogP contribution in [0.15, 0.2) is 16.9 Å². The molecular formula is C18H26N4O3. The first-order valence-corrected chi connectivity index (χ1v) is 8.34. The van der Waals surface area contributed by atoms with Gasteiger partial charge in [0.15, 0.2) is 0 Å². The Kier molecular flexibility index (Phi) is 6.14. The highest BCUT2D eigenvalue weighted by Crippen LogP contribution is 2.07. The first-order valence-electron chi connectivity index (χ1n) is 8.34. The Labute approximate surface area is 147 Å². The first kappa shape index (κ1) is 18.9. The maximum atomic E-state index is 12.7. The summed E-state index contributed by atoms with van der Waals surface area (Å²) in [6.07, 6.45) is 0. The molecule has 0 aromatic carbocycles. The highest BCUT2D eigenvalue weighted by atomic mass is 16.5. The maximum absolute atomic E-state index is 12.7. The minimum atomic E-state index is -0.352. The lowest BCUT2D eigenvalue weighted by atomic mass is 10.1. The number of nitrogens with zero attached hydrogens (tertiary/aromatic N) is 3. The van der Waals surface area contributed by atoms with Crippen molar-refractivity contribution in [1.82, 2.24) is 19.7 Å². The van der Waals surface area contributed by atoms with Gasteiger partial charge in [-0.25, -0.2) is 0 Å². The fourth-order valence-electron chi connectivity index (χ4n) is 2.93. The molecule has 2 heterocycles. The standard InChI is InChI=1S/C18H26N4O3/c1-12-10-14(3)21(8-9-25-5)18(24)16(12)17(23)19-6-7-22-15(4)11-13(2)20-22/h10-11H,6-9H2,1-5H3,(H,19,23). The first-order chi connectivity index (χ1) is 11.8. The van der Waals surface area contributed by atoms with Crippen LogP contribution in [0.1, 0.15) is 33.0 Å². The van der Waals surface area contributed by atoms with E-state index in [-0.39, 0.29) is 17.0 Å². The van der Waals surface area contributed by atoms with E-state index < -0.39 is 0 Å². The molecule has 0 spiro atoms. The number of hydrogen-bond acceptors (Lipinski definition) is 4. The number of amides is 1. The van der Waals surface area contributed by atoms with Crippen LogP contribution in [0.5, 0.6) is 0 Å². The van der Waals surface area contributed by atoms with Gasteiger partial charge in [-0.15, -0.1) is 0 Å². The average molecular weight is 346 g/mol. The minimum Gasteiger partial charge on any atom is -0.383 e. The second-order valence-corrected chi connectivity index (χ2v) is 6.20. The van der Waals surface area contributed by atoms with Gasteiger partial charge in [0.05, 0.1) is 18.8 Å². The van der Waals surface area contributed by atoms with Crippen LogP contribution in [0.25, 0.3) is 0 Å². The topological polar surface area (TPSA) is 78.2 Å². The smallest absolute Gasteiger partial charge is 0.263 e. The molecule has 0 aliphatic carbocycles. The summed E-state index contributed by atoms with van der Waals surface area (Å²) < 4.78 is 8.46. The fraction of sp³-hybridized carbons (Fsp3) is 0.500. The molecule has 1 amide bonds. The zero-order valence-corrected chi connectivity index (χ0v) is 15.5. The number of methoxy groups -OCH3 is 1. The highest BCUT2D eigenvalue weighted by molar-refractivity contribution is 5.95. The van der Waals surface area contributed by atoms with E-state index in [1.165, 1.54) is 0 Å². The van der Waals surface area contributed by atoms with Crippen LogP contribution in [0, 0.1) is 27.7 Å². The molecule has 7 nitrogen and oxygen atoms in total. The van der Waals surface area contributed by atoms with E-state index in [0.717, 1.165) is 17.1 Å². The molecule has 0 unspecified atom stereocenters. The summed E-state index contributed by atoms with van der Waals surface area (Å²) in [6, 6.07) is 3.84. The van der Waals surface area contributed by atoms with Gasteiger partial charge in [-0.1, -0.05) is 0 Å². The van der Waals surface area contributed by atoms with Gasteiger partial charge in [0.1, 0.15) is 5.56 Å². The van der Waals surface area contributed by atoms with Gasteiger partial charge in [0, 0.05) is 31.6 Å². The zero-order chi connectivity index (χ0) is 18.6. The number of hydrogen-bond donors (Lipinski definition) is 1. The Morgan fingerprint density at radius 3 is 2.48 bits per heavy atom. The molecule has 25 heavy (non-hydrogen) atoms. The molecule has 136 valence electrons. The van der Waals surface area contributed by atoms with Crippen molar-refractivity contribution in [2.24, 2.45) is 0 Å². The number of nitrogens with one attached hydrogen (secondary N) is 1. The van der Waals surface area contributed by atoms with Crippen molar-refractivity contribution >= 4 is 5.91 Å². The quantitative estimate of drug-likeness (QED) is 0.821. The fourth-order valence-corrected chi connectivity index (χ4v) is 2.93. The molecule has 0 radical (unpaired) electrons. The third kappa shape index (κ3) is 4.36. The summed E-state index contributed by atoms with van der Waals surface area (Å²) in [6.45, 7) is 9.36. The number of aromatic nitrogens is 3. The molecule has 0 fully saturated rings. The average Bonchev–Trinajstić information content (AvgIpc) is 2.84. The predicted molar refractivity (Wildman–Crippen MR) is 96.1 cm³/mol. The second kappa shape index (κ2) is 8.11. The van der Waals surface area contributed by atoms with Gasteiger partial charge in [0.25, 0.3) is 11.5 Å². The summed E-state index contributed by atoms with van der Waals surface area (Å²) in [5.74, 6) is -0.352. The Balaban J connectivity index is 2.13. The third-order valence-electron chi connectivity index (χ3n) is 4.16.